The van der Waals surface area contributed by atoms with Crippen LogP contribution in [0.5, 0.6) is 0 Å². The first-order valence-corrected chi connectivity index (χ1v) is 28.9. The van der Waals surface area contributed by atoms with Crippen molar-refractivity contribution in [1.82, 2.24) is 0 Å². The van der Waals surface area contributed by atoms with E-state index in [-0.39, 0.29) is 0 Å². The van der Waals surface area contributed by atoms with Crippen LogP contribution in [-0.4, -0.2) is 8.07 Å². The van der Waals surface area contributed by atoms with Crippen molar-refractivity contribution in [2.24, 2.45) is 0 Å². The van der Waals surface area contributed by atoms with Crippen molar-refractivity contribution >= 4 is 20.2 Å². The summed E-state index contributed by atoms with van der Waals surface area (Å²) < 4.78 is 6.96. The van der Waals surface area contributed by atoms with Gasteiger partial charge in [-0.15, -0.1) is 0 Å². The van der Waals surface area contributed by atoms with Crippen LogP contribution in [0.1, 0.15) is 54.6 Å². The number of benzene rings is 4. The van der Waals surface area contributed by atoms with Crippen LogP contribution in [0.4, 0.5) is 0 Å². The zero-order valence-electron chi connectivity index (χ0n) is 24.8. The van der Waals surface area contributed by atoms with Crippen molar-refractivity contribution in [3.63, 3.8) is 0 Å². The zero-order valence-corrected chi connectivity index (χ0v) is 29.4. The van der Waals surface area contributed by atoms with Crippen LogP contribution >= 0.6 is 0 Å². The molecule has 0 radical (unpaired) electrons. The van der Waals surface area contributed by atoms with Crippen LogP contribution in [0.3, 0.4) is 0 Å². The third-order valence-corrected chi connectivity index (χ3v) is 33.5. The van der Waals surface area contributed by atoms with Gasteiger partial charge in [0.1, 0.15) is 0 Å². The van der Waals surface area contributed by atoms with Gasteiger partial charge in [0.15, 0.2) is 0 Å². The average Bonchev–Trinajstić information content (AvgIpc) is 3.56. The first-order valence-electron chi connectivity index (χ1n) is 15.2. The number of allylic oxidation sites excluding steroid dienone is 2. The molecule has 0 nitrogen and oxygen atoms in total. The molecule has 1 saturated heterocycles. The van der Waals surface area contributed by atoms with Gasteiger partial charge in [0, 0.05) is 0 Å². The van der Waals surface area contributed by atoms with Crippen molar-refractivity contribution in [3.8, 4) is 22.3 Å². The van der Waals surface area contributed by atoms with Crippen LogP contribution < -0.4 is 0 Å². The Morgan fingerprint density at radius 3 is 1.35 bits per heavy atom. The number of hydrogen-bond acceptors (Lipinski definition) is 0. The quantitative estimate of drug-likeness (QED) is 0.186. The van der Waals surface area contributed by atoms with Crippen LogP contribution in [0.15, 0.2) is 95.3 Å². The number of aryl methyl sites for hydroxylation is 2. The van der Waals surface area contributed by atoms with Gasteiger partial charge in [-0.3, -0.25) is 0 Å². The Hall–Kier alpha value is -2.55. The van der Waals surface area contributed by atoms with E-state index in [0.717, 1.165) is 0 Å². The molecule has 0 amide bonds. The monoisotopic (exact) mass is 704 g/mol. The molecule has 2 unspecified atom stereocenters. The fourth-order valence-corrected chi connectivity index (χ4v) is 40.8. The predicted molar refractivity (Wildman–Crippen MR) is 173 cm³/mol. The first-order chi connectivity index (χ1) is 19.3. The number of fused-ring (bicyclic) bond motifs is 6. The van der Waals surface area contributed by atoms with E-state index in [9.17, 15) is 0 Å². The van der Waals surface area contributed by atoms with Crippen molar-refractivity contribution in [2.45, 2.75) is 56.5 Å². The zero-order chi connectivity index (χ0) is 27.8. The van der Waals surface area contributed by atoms with Crippen molar-refractivity contribution in [3.05, 3.63) is 129 Å². The summed E-state index contributed by atoms with van der Waals surface area (Å²) in [5.74, 6) is 0. The predicted octanol–water partition coefficient (Wildman–Crippen LogP) is 11.0. The molecule has 4 aromatic rings. The van der Waals surface area contributed by atoms with E-state index in [1.165, 1.54) is 56.6 Å². The maximum absolute atomic E-state index is 3.01. The molecule has 0 saturated carbocycles. The summed E-state index contributed by atoms with van der Waals surface area (Å²) in [7, 11) is -1.87. The fraction of sp³-hybridized carbons (Fsp3) is 0.263. The third-order valence-electron chi connectivity index (χ3n) is 10.8. The topological polar surface area (TPSA) is 0 Å². The number of hydrogen-bond donors (Lipinski definition) is 0. The number of rotatable bonds is 4. The van der Waals surface area contributed by atoms with E-state index in [2.05, 4.69) is 134 Å². The maximum atomic E-state index is 2.79. The Balaban J connectivity index is 1.49. The molecule has 2 heteroatoms. The molecule has 0 N–H and O–H groups in total. The molecule has 3 aliphatic rings. The SMILES string of the molecule is CC[Si]1(CC)C2=Cc3c(-c4ccccc4C)cccc3[CH]2[Hf]([CH3])([CH3])[CH]2C1=Cc1c(-c3ccccc3C)cccc12. The second-order valence-electron chi connectivity index (χ2n) is 12.9. The summed E-state index contributed by atoms with van der Waals surface area (Å²) in [6.45, 7) is 9.56. The molecule has 40 heavy (non-hydrogen) atoms. The Kier molecular flexibility index (Phi) is 6.26. The molecule has 200 valence electrons. The molecule has 1 heterocycles. The van der Waals surface area contributed by atoms with Gasteiger partial charge in [-0.1, -0.05) is 0 Å². The molecule has 2 aliphatic carbocycles. The van der Waals surface area contributed by atoms with Gasteiger partial charge in [-0.25, -0.2) is 0 Å². The summed E-state index contributed by atoms with van der Waals surface area (Å²) in [6.07, 6.45) is 5.48. The van der Waals surface area contributed by atoms with Crippen LogP contribution in [-0.2, 0) is 20.0 Å². The third kappa shape index (κ3) is 3.51. The van der Waals surface area contributed by atoms with Crippen LogP contribution in [0, 0.1) is 13.8 Å². The van der Waals surface area contributed by atoms with Crippen LogP contribution in [0.2, 0.25) is 21.4 Å². The summed E-state index contributed by atoms with van der Waals surface area (Å²) >= 11 is -3.01. The summed E-state index contributed by atoms with van der Waals surface area (Å²) in [5, 5.41) is 3.76. The van der Waals surface area contributed by atoms with E-state index in [1.54, 1.807) is 11.1 Å². The van der Waals surface area contributed by atoms with Crippen molar-refractivity contribution in [2.75, 3.05) is 0 Å². The summed E-state index contributed by atoms with van der Waals surface area (Å²) in [6, 6.07) is 35.0. The molecule has 7 rings (SSSR count). The molecule has 0 aromatic heterocycles. The molecular weight excluding hydrogens is 663 g/mol. The second kappa shape index (κ2) is 9.50. The Labute approximate surface area is 246 Å². The van der Waals surface area contributed by atoms with Gasteiger partial charge in [0.25, 0.3) is 0 Å². The van der Waals surface area contributed by atoms with E-state index >= 15 is 0 Å². The van der Waals surface area contributed by atoms with Gasteiger partial charge in [-0.2, -0.15) is 0 Å². The molecule has 2 atom stereocenters. The molecule has 4 aromatic carbocycles. The van der Waals surface area contributed by atoms with Gasteiger partial charge >= 0.3 is 248 Å². The van der Waals surface area contributed by atoms with Gasteiger partial charge in [-0.05, 0) is 0 Å². The fourth-order valence-electron chi connectivity index (χ4n) is 8.86. The molecule has 0 spiro atoms. The second-order valence-corrected chi connectivity index (χ2v) is 34.9. The van der Waals surface area contributed by atoms with Gasteiger partial charge < -0.3 is 0 Å². The van der Waals surface area contributed by atoms with Crippen LogP contribution in [0.25, 0.3) is 34.4 Å². The van der Waals surface area contributed by atoms with E-state index < -0.39 is 28.0 Å². The van der Waals surface area contributed by atoms with Gasteiger partial charge in [0.05, 0.1) is 0 Å². The molecular formula is C38H40HfSi. The minimum atomic E-state index is -3.01. The molecule has 0 bridgehead atoms. The van der Waals surface area contributed by atoms with Gasteiger partial charge in [0.2, 0.25) is 0 Å². The Morgan fingerprint density at radius 2 is 0.950 bits per heavy atom. The minimum absolute atomic E-state index is 0.688. The first kappa shape index (κ1) is 26.4. The Bertz CT molecular complexity index is 1610. The molecule has 1 aliphatic heterocycles. The van der Waals surface area contributed by atoms with Crippen molar-refractivity contribution < 1.29 is 20.0 Å². The average molecular weight is 703 g/mol. The van der Waals surface area contributed by atoms with E-state index in [0.29, 0.717) is 7.35 Å². The summed E-state index contributed by atoms with van der Waals surface area (Å²) in [5.41, 5.74) is 14.8. The Morgan fingerprint density at radius 1 is 0.550 bits per heavy atom. The normalized spacial score (nSPS) is 21.1. The summed E-state index contributed by atoms with van der Waals surface area (Å²) in [4.78, 5) is 0. The van der Waals surface area contributed by atoms with E-state index in [4.69, 9.17) is 0 Å². The molecule has 1 fully saturated rings. The van der Waals surface area contributed by atoms with Crippen molar-refractivity contribution in [1.29, 1.82) is 0 Å². The van der Waals surface area contributed by atoms with E-state index in [1.807, 2.05) is 10.4 Å². The standard InChI is InChI=1S/C36H34Si.2CH3.Hf/c1-5-37(6-2,29-21-27-15-11-19-33(35(27)23-29)31-17-9-7-13-25(31)3)30-22-28-16-12-20-34(36(28)24-30)32-18-10-8-14-26(32)4;;;/h7-24H,5-6H2,1-4H3;2*1H3;.